The van der Waals surface area contributed by atoms with Crippen molar-refractivity contribution in [1.82, 2.24) is 4.90 Å². The maximum Gasteiger partial charge on any atom is 0.0971 e. The summed E-state index contributed by atoms with van der Waals surface area (Å²) in [6, 6.07) is 0. The third-order valence-electron chi connectivity index (χ3n) is 4.44. The van der Waals surface area contributed by atoms with Gasteiger partial charge in [0.25, 0.3) is 0 Å². The number of nitrogens with zero attached hydrogens (tertiary/aromatic N) is 1. The summed E-state index contributed by atoms with van der Waals surface area (Å²) in [5, 5.41) is 0. The minimum atomic E-state index is 0.185. The molecule has 2 N–H and O–H groups in total. The molecule has 5 heteroatoms. The highest BCUT2D eigenvalue weighted by Gasteiger charge is 2.39. The lowest BCUT2D eigenvalue weighted by Gasteiger charge is -2.39. The second kappa shape index (κ2) is 6.30. The highest BCUT2D eigenvalue weighted by Crippen LogP contribution is 2.32. The van der Waals surface area contributed by atoms with Gasteiger partial charge in [-0.3, -0.25) is 4.90 Å². The van der Waals surface area contributed by atoms with E-state index >= 15 is 0 Å². The van der Waals surface area contributed by atoms with Crippen molar-refractivity contribution >= 4 is 0 Å². The van der Waals surface area contributed by atoms with E-state index in [-0.39, 0.29) is 17.6 Å². The Morgan fingerprint density at radius 1 is 1.17 bits per heavy atom. The first-order valence-electron chi connectivity index (χ1n) is 6.79. The predicted molar refractivity (Wildman–Crippen MR) is 69.6 cm³/mol. The molecule has 0 aromatic heterocycles. The Hall–Kier alpha value is -0.200. The van der Waals surface area contributed by atoms with Crippen LogP contribution in [0.4, 0.5) is 0 Å². The van der Waals surface area contributed by atoms with Gasteiger partial charge >= 0.3 is 0 Å². The van der Waals surface area contributed by atoms with Gasteiger partial charge in [-0.15, -0.1) is 0 Å². The van der Waals surface area contributed by atoms with Gasteiger partial charge in [-0.25, -0.2) is 0 Å². The van der Waals surface area contributed by atoms with Gasteiger partial charge in [0.05, 0.1) is 12.2 Å². The van der Waals surface area contributed by atoms with Gasteiger partial charge in [0.15, 0.2) is 0 Å². The topological polar surface area (TPSA) is 57.0 Å². The number of likely N-dealkylation sites (tertiary alicyclic amines) is 1. The molecule has 18 heavy (non-hydrogen) atoms. The molecule has 5 nitrogen and oxygen atoms in total. The third-order valence-corrected chi connectivity index (χ3v) is 4.44. The smallest absolute Gasteiger partial charge is 0.0971 e. The van der Waals surface area contributed by atoms with E-state index in [1.54, 1.807) is 14.2 Å². The average Bonchev–Trinajstić information content (AvgIpc) is 2.81. The second-order valence-corrected chi connectivity index (χ2v) is 5.56. The second-order valence-electron chi connectivity index (χ2n) is 5.56. The van der Waals surface area contributed by atoms with Gasteiger partial charge in [-0.1, -0.05) is 0 Å². The molecule has 2 unspecified atom stereocenters. The van der Waals surface area contributed by atoms with Crippen LogP contribution in [0.3, 0.4) is 0 Å². The van der Waals surface area contributed by atoms with Crippen molar-refractivity contribution < 1.29 is 14.2 Å². The zero-order valence-corrected chi connectivity index (χ0v) is 11.6. The van der Waals surface area contributed by atoms with E-state index in [1.807, 2.05) is 0 Å². The first-order valence-corrected chi connectivity index (χ1v) is 6.79. The first-order chi connectivity index (χ1) is 8.73. The minimum absolute atomic E-state index is 0.185. The van der Waals surface area contributed by atoms with E-state index < -0.39 is 0 Å². The Labute approximate surface area is 110 Å². The third kappa shape index (κ3) is 3.03. The molecule has 0 bridgehead atoms. The Balaban J connectivity index is 1.92. The summed E-state index contributed by atoms with van der Waals surface area (Å²) in [4.78, 5) is 2.43. The predicted octanol–water partition coefficient (Wildman–Crippen LogP) is 0.0875. The van der Waals surface area contributed by atoms with E-state index in [9.17, 15) is 0 Å². The fourth-order valence-corrected chi connectivity index (χ4v) is 3.11. The van der Waals surface area contributed by atoms with Crippen LogP contribution in [0.25, 0.3) is 0 Å². The van der Waals surface area contributed by atoms with Gasteiger partial charge in [-0.2, -0.15) is 0 Å². The molecular formula is C13H26N2O3. The minimum Gasteiger partial charge on any atom is -0.381 e. The quantitative estimate of drug-likeness (QED) is 0.757. The molecule has 0 amide bonds. The Bertz CT molecular complexity index is 245. The molecule has 0 radical (unpaired) electrons. The molecule has 0 saturated carbocycles. The first kappa shape index (κ1) is 14.2. The van der Waals surface area contributed by atoms with E-state index in [1.165, 1.54) is 0 Å². The summed E-state index contributed by atoms with van der Waals surface area (Å²) in [6.45, 7) is 5.34. The number of methoxy groups -OCH3 is 2. The lowest BCUT2D eigenvalue weighted by molar-refractivity contribution is -0.00461. The van der Waals surface area contributed by atoms with Crippen LogP contribution in [0.5, 0.6) is 0 Å². The molecule has 0 spiro atoms. The highest BCUT2D eigenvalue weighted by molar-refractivity contribution is 4.92. The zero-order chi connectivity index (χ0) is 13.0. The van der Waals surface area contributed by atoms with Crippen molar-refractivity contribution in [2.45, 2.75) is 25.0 Å². The maximum atomic E-state index is 6.01. The van der Waals surface area contributed by atoms with E-state index in [2.05, 4.69) is 4.90 Å². The summed E-state index contributed by atoms with van der Waals surface area (Å²) in [5.41, 5.74) is 6.23. The van der Waals surface area contributed by atoms with Crippen molar-refractivity contribution in [1.29, 1.82) is 0 Å². The Kier molecular flexibility index (Phi) is 4.98. The molecule has 0 aliphatic carbocycles. The lowest BCUT2D eigenvalue weighted by atomic mass is 9.80. The van der Waals surface area contributed by atoms with Gasteiger partial charge in [-0.05, 0) is 24.8 Å². The van der Waals surface area contributed by atoms with Gasteiger partial charge in [0, 0.05) is 47.1 Å². The summed E-state index contributed by atoms with van der Waals surface area (Å²) in [7, 11) is 3.51. The Morgan fingerprint density at radius 3 is 2.17 bits per heavy atom. The molecule has 2 aliphatic rings. The van der Waals surface area contributed by atoms with Crippen LogP contribution in [0, 0.1) is 5.41 Å². The van der Waals surface area contributed by atoms with Crippen molar-refractivity contribution in [2.24, 2.45) is 11.1 Å². The number of nitrogens with two attached hydrogens (primary N) is 1. The number of rotatable bonds is 5. The molecule has 0 aromatic carbocycles. The summed E-state index contributed by atoms with van der Waals surface area (Å²) in [5.74, 6) is 0. The maximum absolute atomic E-state index is 6.01. The van der Waals surface area contributed by atoms with Crippen LogP contribution in [0.1, 0.15) is 12.8 Å². The molecular weight excluding hydrogens is 232 g/mol. The van der Waals surface area contributed by atoms with Crippen LogP contribution in [-0.4, -0.2) is 70.7 Å². The van der Waals surface area contributed by atoms with Crippen molar-refractivity contribution in [3.8, 4) is 0 Å². The van der Waals surface area contributed by atoms with E-state index in [4.69, 9.17) is 19.9 Å². The largest absolute Gasteiger partial charge is 0.381 e. The van der Waals surface area contributed by atoms with E-state index in [0.717, 1.165) is 52.2 Å². The highest BCUT2D eigenvalue weighted by atomic mass is 16.5. The van der Waals surface area contributed by atoms with Crippen molar-refractivity contribution in [3.05, 3.63) is 0 Å². The summed E-state index contributed by atoms with van der Waals surface area (Å²) in [6.07, 6.45) is 2.50. The molecule has 2 aliphatic heterocycles. The lowest BCUT2D eigenvalue weighted by Crippen LogP contribution is -2.45. The molecule has 2 rings (SSSR count). The van der Waals surface area contributed by atoms with Crippen LogP contribution in [-0.2, 0) is 14.2 Å². The van der Waals surface area contributed by atoms with Crippen LogP contribution < -0.4 is 5.73 Å². The molecule has 0 aromatic rings. The molecule has 2 heterocycles. The number of ether oxygens (including phenoxy) is 3. The molecule has 2 saturated heterocycles. The molecule has 2 fully saturated rings. The normalized spacial score (nSPS) is 32.8. The van der Waals surface area contributed by atoms with Gasteiger partial charge in [0.1, 0.15) is 0 Å². The molecule has 106 valence electrons. The van der Waals surface area contributed by atoms with E-state index in [0.29, 0.717) is 0 Å². The SMILES string of the molecule is COC1CN(CC2(CN)CCOCC2)CC1OC. The van der Waals surface area contributed by atoms with Gasteiger partial charge < -0.3 is 19.9 Å². The van der Waals surface area contributed by atoms with Gasteiger partial charge in [0.2, 0.25) is 0 Å². The van der Waals surface area contributed by atoms with Crippen LogP contribution in [0.2, 0.25) is 0 Å². The zero-order valence-electron chi connectivity index (χ0n) is 11.6. The fraction of sp³-hybridized carbons (Fsp3) is 1.00. The van der Waals surface area contributed by atoms with Crippen LogP contribution in [0.15, 0.2) is 0 Å². The van der Waals surface area contributed by atoms with Crippen LogP contribution >= 0.6 is 0 Å². The fourth-order valence-electron chi connectivity index (χ4n) is 3.11. The summed E-state index contributed by atoms with van der Waals surface area (Å²) < 4.78 is 16.4. The standard InChI is InChI=1S/C13H26N2O3/c1-16-11-7-15(8-12(11)17-2)10-13(9-14)3-5-18-6-4-13/h11-12H,3-10,14H2,1-2H3. The monoisotopic (exact) mass is 258 g/mol. The van der Waals surface area contributed by atoms with Crippen molar-refractivity contribution in [3.63, 3.8) is 0 Å². The molecule has 2 atom stereocenters. The summed E-state index contributed by atoms with van der Waals surface area (Å²) >= 11 is 0. The average molecular weight is 258 g/mol. The Morgan fingerprint density at radius 2 is 1.72 bits per heavy atom. The van der Waals surface area contributed by atoms with Crippen molar-refractivity contribution in [2.75, 3.05) is 53.6 Å². The number of hydrogen-bond donors (Lipinski definition) is 1. The number of hydrogen-bond acceptors (Lipinski definition) is 5.